The maximum absolute atomic E-state index is 12.5. The molecule has 23 heavy (non-hydrogen) atoms. The molecule has 0 saturated heterocycles. The van der Waals surface area contributed by atoms with Crippen molar-refractivity contribution in [2.45, 2.75) is 65.1 Å². The van der Waals surface area contributed by atoms with Gasteiger partial charge in [-0.05, 0) is 33.2 Å². The van der Waals surface area contributed by atoms with Crippen molar-refractivity contribution >= 4 is 11.8 Å². The van der Waals surface area contributed by atoms with Crippen molar-refractivity contribution in [2.75, 3.05) is 27.7 Å². The zero-order valence-electron chi connectivity index (χ0n) is 16.0. The molecular formula is C17H35N3O3. The maximum atomic E-state index is 12.5. The van der Waals surface area contributed by atoms with E-state index in [4.69, 9.17) is 4.74 Å². The summed E-state index contributed by atoms with van der Waals surface area (Å²) in [6.45, 7) is 9.83. The summed E-state index contributed by atoms with van der Waals surface area (Å²) in [5.41, 5.74) is -0.701. The standard InChI is InChI=1S/C17H35N3O3/c1-9-12(3)15(13(10-2)23-8)20(7)14(21)11-19-16(22)17(4,5)18-6/h12-13,15,18H,9-11H2,1-8H3,(H,19,22)/t12-,13+,15-/m0/s1. The van der Waals surface area contributed by atoms with Crippen LogP contribution in [0.15, 0.2) is 0 Å². The van der Waals surface area contributed by atoms with Crippen molar-refractivity contribution < 1.29 is 14.3 Å². The summed E-state index contributed by atoms with van der Waals surface area (Å²) in [5, 5.41) is 5.63. The van der Waals surface area contributed by atoms with Gasteiger partial charge in [-0.2, -0.15) is 0 Å². The zero-order valence-corrected chi connectivity index (χ0v) is 16.0. The molecule has 0 aliphatic rings. The number of nitrogens with one attached hydrogen (secondary N) is 2. The summed E-state index contributed by atoms with van der Waals surface area (Å²) in [5.74, 6) is 0.0185. The van der Waals surface area contributed by atoms with Gasteiger partial charge in [-0.3, -0.25) is 9.59 Å². The highest BCUT2D eigenvalue weighted by Gasteiger charge is 2.32. The van der Waals surface area contributed by atoms with Gasteiger partial charge in [-0.1, -0.05) is 27.2 Å². The number of ether oxygens (including phenoxy) is 1. The molecule has 0 heterocycles. The van der Waals surface area contributed by atoms with Crippen LogP contribution in [-0.4, -0.2) is 62.1 Å². The van der Waals surface area contributed by atoms with E-state index in [1.165, 1.54) is 0 Å². The highest BCUT2D eigenvalue weighted by Crippen LogP contribution is 2.21. The van der Waals surface area contributed by atoms with Gasteiger partial charge in [0.25, 0.3) is 0 Å². The highest BCUT2D eigenvalue weighted by molar-refractivity contribution is 5.89. The summed E-state index contributed by atoms with van der Waals surface area (Å²) in [7, 11) is 5.19. The van der Waals surface area contributed by atoms with Gasteiger partial charge >= 0.3 is 0 Å². The second-order valence-electron chi connectivity index (χ2n) is 6.62. The van der Waals surface area contributed by atoms with Gasteiger partial charge in [0.05, 0.1) is 24.2 Å². The predicted octanol–water partition coefficient (Wildman–Crippen LogP) is 1.40. The molecular weight excluding hydrogens is 294 g/mol. The van der Waals surface area contributed by atoms with Crippen molar-refractivity contribution in [2.24, 2.45) is 5.92 Å². The van der Waals surface area contributed by atoms with E-state index in [1.807, 2.05) is 0 Å². The van der Waals surface area contributed by atoms with Gasteiger partial charge in [0, 0.05) is 14.2 Å². The van der Waals surface area contributed by atoms with Crippen molar-refractivity contribution in [1.82, 2.24) is 15.5 Å². The normalized spacial score (nSPS) is 15.7. The SMILES string of the molecule is CC[C@H](C)[C@@H]([C@@H](CC)OC)N(C)C(=O)CNC(=O)C(C)(C)NC. The Bertz CT molecular complexity index is 381. The molecule has 6 nitrogen and oxygen atoms in total. The van der Waals surface area contributed by atoms with Crippen LogP contribution in [-0.2, 0) is 14.3 Å². The molecule has 136 valence electrons. The van der Waals surface area contributed by atoms with Crippen molar-refractivity contribution in [3.63, 3.8) is 0 Å². The van der Waals surface area contributed by atoms with Crippen LogP contribution in [0.5, 0.6) is 0 Å². The fourth-order valence-corrected chi connectivity index (χ4v) is 2.57. The van der Waals surface area contributed by atoms with Crippen LogP contribution >= 0.6 is 0 Å². The minimum atomic E-state index is -0.701. The molecule has 0 aromatic carbocycles. The number of hydrogen-bond acceptors (Lipinski definition) is 4. The summed E-state index contributed by atoms with van der Waals surface area (Å²) in [6, 6.07) is -0.00304. The molecule has 0 unspecified atom stereocenters. The summed E-state index contributed by atoms with van der Waals surface area (Å²) >= 11 is 0. The quantitative estimate of drug-likeness (QED) is 0.635. The zero-order chi connectivity index (χ0) is 18.2. The Labute approximate surface area is 141 Å². The molecule has 0 rings (SSSR count). The van der Waals surface area contributed by atoms with E-state index < -0.39 is 5.54 Å². The third-order valence-electron chi connectivity index (χ3n) is 4.75. The first kappa shape index (κ1) is 21.9. The Hall–Kier alpha value is -1.14. The van der Waals surface area contributed by atoms with E-state index in [9.17, 15) is 9.59 Å². The molecule has 0 aromatic rings. The number of rotatable bonds is 10. The molecule has 3 atom stereocenters. The Morgan fingerprint density at radius 3 is 2.17 bits per heavy atom. The molecule has 2 amide bonds. The first-order valence-corrected chi connectivity index (χ1v) is 8.41. The fourth-order valence-electron chi connectivity index (χ4n) is 2.57. The van der Waals surface area contributed by atoms with Crippen LogP contribution in [0.2, 0.25) is 0 Å². The van der Waals surface area contributed by atoms with Crippen molar-refractivity contribution in [3.8, 4) is 0 Å². The molecule has 0 saturated carbocycles. The van der Waals surface area contributed by atoms with Gasteiger partial charge in [-0.15, -0.1) is 0 Å². The van der Waals surface area contributed by atoms with E-state index in [0.717, 1.165) is 12.8 Å². The molecule has 0 radical (unpaired) electrons. The number of methoxy groups -OCH3 is 1. The molecule has 0 aliphatic carbocycles. The van der Waals surface area contributed by atoms with E-state index in [-0.39, 0.29) is 30.5 Å². The smallest absolute Gasteiger partial charge is 0.242 e. The van der Waals surface area contributed by atoms with Crippen molar-refractivity contribution in [1.29, 1.82) is 0 Å². The summed E-state index contributed by atoms with van der Waals surface area (Å²) < 4.78 is 5.56. The Balaban J connectivity index is 4.91. The molecule has 0 fully saturated rings. The molecule has 0 aromatic heterocycles. The maximum Gasteiger partial charge on any atom is 0.242 e. The van der Waals surface area contributed by atoms with Gasteiger partial charge < -0.3 is 20.3 Å². The Morgan fingerprint density at radius 1 is 1.22 bits per heavy atom. The number of likely N-dealkylation sites (N-methyl/N-ethyl adjacent to an activating group) is 2. The first-order chi connectivity index (χ1) is 10.7. The predicted molar refractivity (Wildman–Crippen MR) is 93.2 cm³/mol. The van der Waals surface area contributed by atoms with Gasteiger partial charge in [0.2, 0.25) is 11.8 Å². The average molecular weight is 329 g/mol. The van der Waals surface area contributed by atoms with Crippen LogP contribution in [0, 0.1) is 5.92 Å². The third kappa shape index (κ3) is 6.11. The van der Waals surface area contributed by atoms with Gasteiger partial charge in [0.1, 0.15) is 0 Å². The third-order valence-corrected chi connectivity index (χ3v) is 4.75. The minimum absolute atomic E-state index is 0.00304. The largest absolute Gasteiger partial charge is 0.379 e. The first-order valence-electron chi connectivity index (χ1n) is 8.41. The highest BCUT2D eigenvalue weighted by atomic mass is 16.5. The summed E-state index contributed by atoms with van der Waals surface area (Å²) in [4.78, 5) is 26.3. The molecule has 6 heteroatoms. The number of carbonyl (C=O) groups excluding carboxylic acids is 2. The number of carbonyl (C=O) groups is 2. The second-order valence-corrected chi connectivity index (χ2v) is 6.62. The lowest BCUT2D eigenvalue weighted by atomic mass is 9.91. The molecule has 0 bridgehead atoms. The lowest BCUT2D eigenvalue weighted by molar-refractivity contribution is -0.138. The lowest BCUT2D eigenvalue weighted by Crippen LogP contribution is -2.55. The topological polar surface area (TPSA) is 70.7 Å². The monoisotopic (exact) mass is 329 g/mol. The van der Waals surface area contributed by atoms with Gasteiger partial charge in [-0.25, -0.2) is 0 Å². The van der Waals surface area contributed by atoms with E-state index in [0.29, 0.717) is 5.92 Å². The van der Waals surface area contributed by atoms with E-state index in [1.54, 1.807) is 40.0 Å². The van der Waals surface area contributed by atoms with E-state index >= 15 is 0 Å². The van der Waals surface area contributed by atoms with Crippen LogP contribution in [0.3, 0.4) is 0 Å². The molecule has 2 N–H and O–H groups in total. The van der Waals surface area contributed by atoms with Crippen LogP contribution in [0.25, 0.3) is 0 Å². The number of amides is 2. The fraction of sp³-hybridized carbons (Fsp3) is 0.882. The van der Waals surface area contributed by atoms with Crippen LogP contribution in [0.4, 0.5) is 0 Å². The van der Waals surface area contributed by atoms with Crippen LogP contribution < -0.4 is 10.6 Å². The molecule has 0 spiro atoms. The molecule has 0 aliphatic heterocycles. The minimum Gasteiger partial charge on any atom is -0.379 e. The Kier molecular flexibility index (Phi) is 9.39. The number of hydrogen-bond donors (Lipinski definition) is 2. The number of nitrogens with zero attached hydrogens (tertiary/aromatic N) is 1. The van der Waals surface area contributed by atoms with Gasteiger partial charge in [0.15, 0.2) is 0 Å². The summed E-state index contributed by atoms with van der Waals surface area (Å²) in [6.07, 6.45) is 1.78. The van der Waals surface area contributed by atoms with Crippen molar-refractivity contribution in [3.05, 3.63) is 0 Å². The van der Waals surface area contributed by atoms with E-state index in [2.05, 4.69) is 31.4 Å². The average Bonchev–Trinajstić information content (AvgIpc) is 2.55. The Morgan fingerprint density at radius 2 is 1.78 bits per heavy atom. The lowest BCUT2D eigenvalue weighted by Gasteiger charge is -2.37. The second kappa shape index (κ2) is 9.88. The van der Waals surface area contributed by atoms with Crippen LogP contribution in [0.1, 0.15) is 47.5 Å².